The molecule has 70 valence electrons. The molecule has 0 unspecified atom stereocenters. The molecule has 3 nitrogen and oxygen atoms in total. The van der Waals surface area contributed by atoms with E-state index in [4.69, 9.17) is 11.5 Å². The zero-order valence-corrected chi connectivity index (χ0v) is 7.99. The highest BCUT2D eigenvalue weighted by atomic mass is 15.0. The summed E-state index contributed by atoms with van der Waals surface area (Å²) >= 11 is 0. The number of rotatable bonds is 2. The molecule has 0 saturated carbocycles. The van der Waals surface area contributed by atoms with Gasteiger partial charge in [0.1, 0.15) is 0 Å². The summed E-state index contributed by atoms with van der Waals surface area (Å²) in [6.07, 6.45) is 0. The van der Waals surface area contributed by atoms with Gasteiger partial charge < -0.3 is 11.5 Å². The van der Waals surface area contributed by atoms with E-state index in [-0.39, 0.29) is 12.0 Å². The van der Waals surface area contributed by atoms with Crippen molar-refractivity contribution in [2.24, 2.45) is 16.5 Å². The minimum Gasteiger partial charge on any atom is -0.370 e. The Hall–Kier alpha value is -1.51. The van der Waals surface area contributed by atoms with Crippen LogP contribution in [0.4, 0.5) is 0 Å². The molecule has 3 heteroatoms. The van der Waals surface area contributed by atoms with E-state index in [1.54, 1.807) is 0 Å². The second kappa shape index (κ2) is 3.94. The molecule has 0 aliphatic carbocycles. The van der Waals surface area contributed by atoms with Gasteiger partial charge in [-0.25, -0.2) is 4.99 Å². The second-order valence-corrected chi connectivity index (χ2v) is 3.14. The van der Waals surface area contributed by atoms with E-state index in [9.17, 15) is 0 Å². The predicted molar refractivity (Wildman–Crippen MR) is 55.4 cm³/mol. The topological polar surface area (TPSA) is 64.4 Å². The van der Waals surface area contributed by atoms with Crippen molar-refractivity contribution in [2.75, 3.05) is 0 Å². The average Bonchev–Trinajstić information content (AvgIpc) is 2.03. The fourth-order valence-electron chi connectivity index (χ4n) is 1.23. The molecule has 1 atom stereocenters. The van der Waals surface area contributed by atoms with Crippen LogP contribution >= 0.6 is 0 Å². The summed E-state index contributed by atoms with van der Waals surface area (Å²) in [6.45, 7) is 4.01. The van der Waals surface area contributed by atoms with Gasteiger partial charge in [-0.3, -0.25) is 0 Å². The van der Waals surface area contributed by atoms with Crippen LogP contribution in [0, 0.1) is 6.92 Å². The Balaban J connectivity index is 2.89. The van der Waals surface area contributed by atoms with Crippen molar-refractivity contribution in [3.05, 3.63) is 35.4 Å². The highest BCUT2D eigenvalue weighted by Gasteiger charge is 2.02. The van der Waals surface area contributed by atoms with Crippen molar-refractivity contribution in [3.63, 3.8) is 0 Å². The summed E-state index contributed by atoms with van der Waals surface area (Å²) in [7, 11) is 0. The Morgan fingerprint density at radius 1 is 1.38 bits per heavy atom. The molecular weight excluding hydrogens is 162 g/mol. The van der Waals surface area contributed by atoms with Crippen LogP contribution in [-0.4, -0.2) is 5.96 Å². The Morgan fingerprint density at radius 2 is 2.08 bits per heavy atom. The minimum atomic E-state index is 0.0323. The second-order valence-electron chi connectivity index (χ2n) is 3.14. The standard InChI is InChI=1S/C10H15N3/c1-7-4-3-5-9(6-7)8(2)13-10(11)12/h3-6,8H,1-2H3,(H4,11,12,13)/t8-/m0/s1. The van der Waals surface area contributed by atoms with E-state index in [1.165, 1.54) is 5.56 Å². The van der Waals surface area contributed by atoms with Gasteiger partial charge in [-0.1, -0.05) is 29.8 Å². The average molecular weight is 177 g/mol. The van der Waals surface area contributed by atoms with Crippen molar-refractivity contribution in [1.82, 2.24) is 0 Å². The summed E-state index contributed by atoms with van der Waals surface area (Å²) in [5, 5.41) is 0. The van der Waals surface area contributed by atoms with E-state index >= 15 is 0 Å². The van der Waals surface area contributed by atoms with Crippen LogP contribution in [0.5, 0.6) is 0 Å². The van der Waals surface area contributed by atoms with Crippen molar-refractivity contribution >= 4 is 5.96 Å². The van der Waals surface area contributed by atoms with Crippen LogP contribution in [0.3, 0.4) is 0 Å². The first kappa shape index (κ1) is 9.58. The Kier molecular flexibility index (Phi) is 2.90. The maximum atomic E-state index is 5.30. The van der Waals surface area contributed by atoms with Crippen molar-refractivity contribution in [2.45, 2.75) is 19.9 Å². The van der Waals surface area contributed by atoms with Crippen LogP contribution in [-0.2, 0) is 0 Å². The lowest BCUT2D eigenvalue weighted by Crippen LogP contribution is -2.23. The molecule has 0 saturated heterocycles. The summed E-state index contributed by atoms with van der Waals surface area (Å²) in [4.78, 5) is 4.06. The van der Waals surface area contributed by atoms with Crippen LogP contribution in [0.2, 0.25) is 0 Å². The lowest BCUT2D eigenvalue weighted by Gasteiger charge is -2.07. The number of aryl methyl sites for hydroxylation is 1. The molecular formula is C10H15N3. The fourth-order valence-corrected chi connectivity index (χ4v) is 1.23. The van der Waals surface area contributed by atoms with E-state index in [0.29, 0.717) is 0 Å². The summed E-state index contributed by atoms with van der Waals surface area (Å²) in [6, 6.07) is 8.18. The number of guanidine groups is 1. The summed E-state index contributed by atoms with van der Waals surface area (Å²) in [5.74, 6) is 0.133. The van der Waals surface area contributed by atoms with Gasteiger partial charge in [-0.05, 0) is 19.4 Å². The van der Waals surface area contributed by atoms with E-state index < -0.39 is 0 Å². The van der Waals surface area contributed by atoms with Crippen molar-refractivity contribution in [3.8, 4) is 0 Å². The molecule has 0 bridgehead atoms. The highest BCUT2D eigenvalue weighted by Crippen LogP contribution is 2.16. The molecule has 1 aromatic carbocycles. The number of nitrogens with zero attached hydrogens (tertiary/aromatic N) is 1. The number of benzene rings is 1. The largest absolute Gasteiger partial charge is 0.370 e. The Bertz CT molecular complexity index is 314. The number of hydrogen-bond acceptors (Lipinski definition) is 1. The normalized spacial score (nSPS) is 12.2. The maximum absolute atomic E-state index is 5.30. The first-order valence-electron chi connectivity index (χ1n) is 4.25. The quantitative estimate of drug-likeness (QED) is 0.528. The molecule has 0 aromatic heterocycles. The van der Waals surface area contributed by atoms with Crippen LogP contribution in [0.25, 0.3) is 0 Å². The molecule has 1 rings (SSSR count). The summed E-state index contributed by atoms with van der Waals surface area (Å²) < 4.78 is 0. The van der Waals surface area contributed by atoms with Crippen molar-refractivity contribution < 1.29 is 0 Å². The van der Waals surface area contributed by atoms with E-state index in [0.717, 1.165) is 5.56 Å². The summed E-state index contributed by atoms with van der Waals surface area (Å²) in [5.41, 5.74) is 12.9. The first-order valence-corrected chi connectivity index (χ1v) is 4.25. The molecule has 1 aromatic rings. The molecule has 0 fully saturated rings. The van der Waals surface area contributed by atoms with Gasteiger partial charge in [0.2, 0.25) is 0 Å². The third-order valence-electron chi connectivity index (χ3n) is 1.87. The van der Waals surface area contributed by atoms with Gasteiger partial charge >= 0.3 is 0 Å². The van der Waals surface area contributed by atoms with Gasteiger partial charge in [0, 0.05) is 0 Å². The smallest absolute Gasteiger partial charge is 0.186 e. The van der Waals surface area contributed by atoms with Gasteiger partial charge in [-0.15, -0.1) is 0 Å². The number of hydrogen-bond donors (Lipinski definition) is 2. The molecule has 0 aliphatic rings. The molecule has 0 radical (unpaired) electrons. The van der Waals surface area contributed by atoms with E-state index in [1.807, 2.05) is 32.0 Å². The van der Waals surface area contributed by atoms with Gasteiger partial charge in [0.15, 0.2) is 5.96 Å². The molecule has 0 aliphatic heterocycles. The SMILES string of the molecule is Cc1cccc([C@H](C)N=C(N)N)c1. The Labute approximate surface area is 78.5 Å². The number of nitrogens with two attached hydrogens (primary N) is 2. The Morgan fingerprint density at radius 3 is 2.62 bits per heavy atom. The van der Waals surface area contributed by atoms with Crippen LogP contribution < -0.4 is 11.5 Å². The fraction of sp³-hybridized carbons (Fsp3) is 0.300. The minimum absolute atomic E-state index is 0.0323. The monoisotopic (exact) mass is 177 g/mol. The lowest BCUT2D eigenvalue weighted by atomic mass is 10.1. The highest BCUT2D eigenvalue weighted by molar-refractivity contribution is 5.75. The molecule has 0 spiro atoms. The predicted octanol–water partition coefficient (Wildman–Crippen LogP) is 1.33. The zero-order chi connectivity index (χ0) is 9.84. The van der Waals surface area contributed by atoms with Gasteiger partial charge in [-0.2, -0.15) is 0 Å². The van der Waals surface area contributed by atoms with E-state index in [2.05, 4.69) is 11.1 Å². The zero-order valence-electron chi connectivity index (χ0n) is 7.99. The number of aliphatic imine (C=N–C) groups is 1. The lowest BCUT2D eigenvalue weighted by molar-refractivity contribution is 0.814. The third kappa shape index (κ3) is 2.78. The van der Waals surface area contributed by atoms with Gasteiger partial charge in [0.05, 0.1) is 6.04 Å². The third-order valence-corrected chi connectivity index (χ3v) is 1.87. The van der Waals surface area contributed by atoms with Crippen LogP contribution in [0.15, 0.2) is 29.3 Å². The molecule has 13 heavy (non-hydrogen) atoms. The van der Waals surface area contributed by atoms with Gasteiger partial charge in [0.25, 0.3) is 0 Å². The maximum Gasteiger partial charge on any atom is 0.186 e. The molecule has 0 amide bonds. The first-order chi connectivity index (χ1) is 6.09. The van der Waals surface area contributed by atoms with Crippen LogP contribution in [0.1, 0.15) is 24.1 Å². The molecule has 4 N–H and O–H groups in total. The molecule has 0 heterocycles. The van der Waals surface area contributed by atoms with Crippen molar-refractivity contribution in [1.29, 1.82) is 0 Å².